The quantitative estimate of drug-likeness (QED) is 0.634. The van der Waals surface area contributed by atoms with Crippen LogP contribution in [0.4, 0.5) is 0 Å². The zero-order chi connectivity index (χ0) is 19.5. The van der Waals surface area contributed by atoms with Gasteiger partial charge in [-0.25, -0.2) is 0 Å². The monoisotopic (exact) mass is 381 g/mol. The van der Waals surface area contributed by atoms with E-state index < -0.39 is 0 Å². The maximum atomic E-state index is 13.0. The lowest BCUT2D eigenvalue weighted by Gasteiger charge is -2.21. The molecule has 3 heterocycles. The van der Waals surface area contributed by atoms with Crippen molar-refractivity contribution in [1.82, 2.24) is 15.2 Å². The van der Waals surface area contributed by atoms with Crippen LogP contribution in [0.2, 0.25) is 0 Å². The summed E-state index contributed by atoms with van der Waals surface area (Å²) in [4.78, 5) is 14.8. The molecular formula is C21H23N3O4. The Bertz CT molecular complexity index is 962. The lowest BCUT2D eigenvalue weighted by molar-refractivity contribution is 0.0688. The molecule has 0 saturated carbocycles. The number of carbonyl (C=O) groups excluding carboxylic acids is 1. The number of methoxy groups -OCH3 is 1. The molecule has 1 saturated heterocycles. The van der Waals surface area contributed by atoms with E-state index in [4.69, 9.17) is 13.8 Å². The van der Waals surface area contributed by atoms with E-state index in [9.17, 15) is 4.79 Å². The topological polar surface area (TPSA) is 81.6 Å². The van der Waals surface area contributed by atoms with Crippen molar-refractivity contribution in [3.63, 3.8) is 0 Å². The van der Waals surface area contributed by atoms with E-state index in [1.165, 1.54) is 0 Å². The highest BCUT2D eigenvalue weighted by molar-refractivity contribution is 5.93. The van der Waals surface area contributed by atoms with Gasteiger partial charge in [0, 0.05) is 30.7 Å². The molecule has 1 aliphatic heterocycles. The maximum Gasteiger partial charge on any atom is 0.293 e. The van der Waals surface area contributed by atoms with Crippen molar-refractivity contribution in [2.24, 2.45) is 0 Å². The van der Waals surface area contributed by atoms with Gasteiger partial charge in [-0.05, 0) is 31.4 Å². The molecule has 28 heavy (non-hydrogen) atoms. The van der Waals surface area contributed by atoms with E-state index >= 15 is 0 Å². The highest BCUT2D eigenvalue weighted by Gasteiger charge is 2.34. The predicted molar refractivity (Wildman–Crippen MR) is 102 cm³/mol. The summed E-state index contributed by atoms with van der Waals surface area (Å²) in [6, 6.07) is 11.0. The summed E-state index contributed by atoms with van der Waals surface area (Å²) in [6.07, 6.45) is 3.62. The van der Waals surface area contributed by atoms with Crippen molar-refractivity contribution in [3.05, 3.63) is 53.6 Å². The number of hydrogen-bond acceptors (Lipinski definition) is 6. The fourth-order valence-electron chi connectivity index (χ4n) is 3.60. The summed E-state index contributed by atoms with van der Waals surface area (Å²) in [5, 5.41) is 8.25. The average molecular weight is 381 g/mol. The zero-order valence-electron chi connectivity index (χ0n) is 16.1. The Morgan fingerprint density at radius 1 is 1.25 bits per heavy atom. The molecule has 0 radical (unpaired) electrons. The Labute approximate surface area is 163 Å². The van der Waals surface area contributed by atoms with Crippen molar-refractivity contribution >= 4 is 5.91 Å². The van der Waals surface area contributed by atoms with Crippen LogP contribution in [0.15, 0.2) is 45.4 Å². The smallest absolute Gasteiger partial charge is 0.293 e. The maximum absolute atomic E-state index is 13.0. The summed E-state index contributed by atoms with van der Waals surface area (Å²) in [7, 11) is 1.61. The molecule has 1 aliphatic rings. The second kappa shape index (κ2) is 7.88. The highest BCUT2D eigenvalue weighted by Crippen LogP contribution is 2.33. The minimum atomic E-state index is -0.177. The van der Waals surface area contributed by atoms with E-state index in [-0.39, 0.29) is 17.7 Å². The number of likely N-dealkylation sites (tertiary alicyclic amines) is 1. The van der Waals surface area contributed by atoms with Crippen LogP contribution in [0.25, 0.3) is 11.3 Å². The molecule has 1 aromatic carbocycles. The number of aromatic nitrogens is 2. The molecule has 0 aliphatic carbocycles. The van der Waals surface area contributed by atoms with Crippen molar-refractivity contribution in [2.45, 2.75) is 38.6 Å². The van der Waals surface area contributed by atoms with Gasteiger partial charge in [-0.3, -0.25) is 4.79 Å². The molecular weight excluding hydrogens is 358 g/mol. The van der Waals surface area contributed by atoms with E-state index in [1.807, 2.05) is 30.3 Å². The molecule has 1 fully saturated rings. The second-order valence-electron chi connectivity index (χ2n) is 6.93. The van der Waals surface area contributed by atoms with Crippen LogP contribution in [0.3, 0.4) is 0 Å². The van der Waals surface area contributed by atoms with Crippen LogP contribution in [0.5, 0.6) is 5.75 Å². The third-order valence-electron chi connectivity index (χ3n) is 5.02. The van der Waals surface area contributed by atoms with Crippen LogP contribution in [-0.2, 0) is 6.42 Å². The van der Waals surface area contributed by atoms with Crippen LogP contribution in [0, 0.1) is 0 Å². The number of aryl methyl sites for hydroxylation is 1. The summed E-state index contributed by atoms with van der Waals surface area (Å²) in [6.45, 7) is 2.76. The van der Waals surface area contributed by atoms with Crippen molar-refractivity contribution in [3.8, 4) is 17.0 Å². The second-order valence-corrected chi connectivity index (χ2v) is 6.93. The summed E-state index contributed by atoms with van der Waals surface area (Å²) in [5.41, 5.74) is 2.24. The number of carbonyl (C=O) groups is 1. The minimum Gasteiger partial charge on any atom is -0.497 e. The third kappa shape index (κ3) is 3.52. The van der Waals surface area contributed by atoms with Gasteiger partial charge in [0.2, 0.25) is 5.76 Å². The Morgan fingerprint density at radius 2 is 2.14 bits per heavy atom. The number of ether oxygens (including phenoxy) is 1. The van der Waals surface area contributed by atoms with Crippen LogP contribution in [-0.4, -0.2) is 34.8 Å². The molecule has 1 unspecified atom stereocenters. The number of amides is 1. The lowest BCUT2D eigenvalue weighted by atomic mass is 10.1. The molecule has 4 rings (SSSR count). The number of benzene rings is 1. The third-order valence-corrected chi connectivity index (χ3v) is 5.02. The number of rotatable bonds is 6. The Hall–Kier alpha value is -3.09. The van der Waals surface area contributed by atoms with Crippen molar-refractivity contribution < 1.29 is 18.6 Å². The molecule has 1 amide bonds. The van der Waals surface area contributed by atoms with Gasteiger partial charge in [-0.15, -0.1) is 0 Å². The van der Waals surface area contributed by atoms with Gasteiger partial charge < -0.3 is 18.7 Å². The first-order valence-corrected chi connectivity index (χ1v) is 9.57. The number of nitrogens with zero attached hydrogens (tertiary/aromatic N) is 3. The van der Waals surface area contributed by atoms with Gasteiger partial charge in [0.25, 0.3) is 5.91 Å². The summed E-state index contributed by atoms with van der Waals surface area (Å²) in [5.74, 6) is 1.63. The average Bonchev–Trinajstić information content (AvgIpc) is 3.47. The zero-order valence-corrected chi connectivity index (χ0v) is 16.1. The van der Waals surface area contributed by atoms with Gasteiger partial charge in [0.1, 0.15) is 22.9 Å². The fourth-order valence-corrected chi connectivity index (χ4v) is 3.60. The summed E-state index contributed by atoms with van der Waals surface area (Å²) < 4.78 is 16.0. The first-order valence-electron chi connectivity index (χ1n) is 9.57. The minimum absolute atomic E-state index is 0.0905. The van der Waals surface area contributed by atoms with E-state index in [1.54, 1.807) is 18.1 Å². The standard InChI is InChI=1S/C21H23N3O4/c1-3-6-16-12-18(23-27-16)19-9-5-10-24(19)21(25)20-13-17(22-28-20)14-7-4-8-15(11-14)26-2/h4,7-8,11-13,19H,3,5-6,9-10H2,1-2H3. The van der Waals surface area contributed by atoms with Crippen molar-refractivity contribution in [2.75, 3.05) is 13.7 Å². The largest absolute Gasteiger partial charge is 0.497 e. The van der Waals surface area contributed by atoms with Crippen LogP contribution >= 0.6 is 0 Å². The molecule has 2 aromatic heterocycles. The van der Waals surface area contributed by atoms with Crippen molar-refractivity contribution in [1.29, 1.82) is 0 Å². The van der Waals surface area contributed by atoms with Crippen LogP contribution < -0.4 is 4.74 Å². The molecule has 0 N–H and O–H groups in total. The van der Waals surface area contributed by atoms with E-state index in [0.717, 1.165) is 48.5 Å². The summed E-state index contributed by atoms with van der Waals surface area (Å²) >= 11 is 0. The molecule has 3 aromatic rings. The molecule has 0 spiro atoms. The molecule has 0 bridgehead atoms. The molecule has 7 nitrogen and oxygen atoms in total. The normalized spacial score (nSPS) is 16.5. The number of hydrogen-bond donors (Lipinski definition) is 0. The fraction of sp³-hybridized carbons (Fsp3) is 0.381. The Morgan fingerprint density at radius 3 is 2.96 bits per heavy atom. The first kappa shape index (κ1) is 18.3. The lowest BCUT2D eigenvalue weighted by Crippen LogP contribution is -2.30. The SMILES string of the molecule is CCCc1cc(C2CCCN2C(=O)c2cc(-c3cccc(OC)c3)no2)no1. The van der Waals surface area contributed by atoms with Gasteiger partial charge >= 0.3 is 0 Å². The van der Waals surface area contributed by atoms with E-state index in [0.29, 0.717) is 12.2 Å². The Kier molecular flexibility index (Phi) is 5.14. The van der Waals surface area contributed by atoms with Crippen LogP contribution in [0.1, 0.15) is 54.2 Å². The molecule has 146 valence electrons. The predicted octanol–water partition coefficient (Wildman–Crippen LogP) is 4.27. The van der Waals surface area contributed by atoms with Gasteiger partial charge in [-0.1, -0.05) is 29.4 Å². The van der Waals surface area contributed by atoms with Gasteiger partial charge in [0.05, 0.1) is 13.2 Å². The first-order chi connectivity index (χ1) is 13.7. The van der Waals surface area contributed by atoms with Gasteiger partial charge in [0.15, 0.2) is 0 Å². The molecule has 7 heteroatoms. The Balaban J connectivity index is 1.54. The highest BCUT2D eigenvalue weighted by atomic mass is 16.5. The van der Waals surface area contributed by atoms with E-state index in [2.05, 4.69) is 17.2 Å². The molecule has 1 atom stereocenters. The van der Waals surface area contributed by atoms with Gasteiger partial charge in [-0.2, -0.15) is 0 Å².